The molecule has 184 valence electrons. The molecule has 0 bridgehead atoms. The third-order valence-corrected chi connectivity index (χ3v) is 5.71. The highest BCUT2D eigenvalue weighted by atomic mass is 32.2. The summed E-state index contributed by atoms with van der Waals surface area (Å²) in [6, 6.07) is 4.24. The fourth-order valence-corrected chi connectivity index (χ4v) is 3.76. The van der Waals surface area contributed by atoms with Crippen LogP contribution in [0.1, 0.15) is 31.4 Å². The molecule has 12 nitrogen and oxygen atoms in total. The van der Waals surface area contributed by atoms with Crippen molar-refractivity contribution in [3.63, 3.8) is 0 Å². The highest BCUT2D eigenvalue weighted by Crippen LogP contribution is 2.38. The Bertz CT molecular complexity index is 1290. The minimum atomic E-state index is -4.12. The normalized spacial score (nSPS) is 11.7. The summed E-state index contributed by atoms with van der Waals surface area (Å²) >= 11 is 0. The second-order valence-electron chi connectivity index (χ2n) is 7.43. The molecule has 0 amide bonds. The quantitative estimate of drug-likeness (QED) is 0.374. The van der Waals surface area contributed by atoms with Crippen molar-refractivity contribution in [1.82, 2.24) is 4.57 Å². The van der Waals surface area contributed by atoms with E-state index in [2.05, 4.69) is 10.2 Å². The number of nitriles is 1. The van der Waals surface area contributed by atoms with E-state index in [1.165, 1.54) is 27.2 Å². The van der Waals surface area contributed by atoms with Crippen LogP contribution in [0, 0.1) is 18.3 Å². The molecule has 34 heavy (non-hydrogen) atoms. The predicted molar refractivity (Wildman–Crippen MR) is 123 cm³/mol. The molecule has 1 aromatic carbocycles. The minimum Gasteiger partial charge on any atom is -0.495 e. The molecule has 0 saturated carbocycles. The van der Waals surface area contributed by atoms with Crippen molar-refractivity contribution >= 4 is 21.4 Å². The number of benzene rings is 1. The summed E-state index contributed by atoms with van der Waals surface area (Å²) < 4.78 is 40.4. The van der Waals surface area contributed by atoms with Gasteiger partial charge in [-0.05, 0) is 27.2 Å². The molecule has 3 N–H and O–H groups in total. The maximum Gasteiger partial charge on any atom is 0.281 e. The Hall–Kier alpha value is -3.47. The molecule has 0 saturated heterocycles. The van der Waals surface area contributed by atoms with Gasteiger partial charge in [-0.25, -0.2) is 13.6 Å². The van der Waals surface area contributed by atoms with E-state index in [0.717, 1.165) is 10.6 Å². The molecule has 2 aromatic rings. The number of pyridine rings is 1. The van der Waals surface area contributed by atoms with Gasteiger partial charge in [-0.1, -0.05) is 0 Å². The number of aromatic nitrogens is 1. The molecule has 0 atom stereocenters. The first kappa shape index (κ1) is 26.8. The van der Waals surface area contributed by atoms with E-state index in [4.69, 9.17) is 19.3 Å². The molecule has 0 aliphatic carbocycles. The first-order valence-electron chi connectivity index (χ1n) is 10.1. The lowest BCUT2D eigenvalue weighted by Crippen LogP contribution is -2.23. The van der Waals surface area contributed by atoms with Crippen molar-refractivity contribution in [2.24, 2.45) is 15.4 Å². The number of azo groups is 1. The van der Waals surface area contributed by atoms with Crippen LogP contribution in [0.2, 0.25) is 0 Å². The van der Waals surface area contributed by atoms with Gasteiger partial charge in [-0.3, -0.25) is 9.36 Å². The Morgan fingerprint density at radius 2 is 1.85 bits per heavy atom. The number of rotatable bonds is 10. The number of hydrogen-bond donors (Lipinski definition) is 2. The van der Waals surface area contributed by atoms with Gasteiger partial charge in [0.1, 0.15) is 33.7 Å². The van der Waals surface area contributed by atoms with Crippen molar-refractivity contribution in [2.75, 3.05) is 20.8 Å². The summed E-state index contributed by atoms with van der Waals surface area (Å²) in [5, 5.41) is 33.2. The largest absolute Gasteiger partial charge is 0.495 e. The van der Waals surface area contributed by atoms with Gasteiger partial charge >= 0.3 is 0 Å². The SMILES string of the molecule is COc1cc(S(N)(=O)=O)c(OC)cc1N=Nc1c(C)c(C#N)c(O)n(CCCOC(C)C)c1=O. The first-order valence-corrected chi connectivity index (χ1v) is 11.7. The molecule has 1 aromatic heterocycles. The van der Waals surface area contributed by atoms with E-state index in [0.29, 0.717) is 13.0 Å². The Morgan fingerprint density at radius 3 is 2.38 bits per heavy atom. The molecule has 0 aliphatic rings. The van der Waals surface area contributed by atoms with Crippen LogP contribution in [0.5, 0.6) is 17.4 Å². The van der Waals surface area contributed by atoms with Crippen LogP contribution < -0.4 is 20.2 Å². The maximum atomic E-state index is 13.0. The van der Waals surface area contributed by atoms with Gasteiger partial charge in [0.2, 0.25) is 15.9 Å². The molecule has 0 radical (unpaired) electrons. The molecule has 0 spiro atoms. The number of methoxy groups -OCH3 is 2. The van der Waals surface area contributed by atoms with Crippen LogP contribution >= 0.6 is 0 Å². The summed E-state index contributed by atoms with van der Waals surface area (Å²) in [5.41, 5.74) is -0.762. The van der Waals surface area contributed by atoms with Gasteiger partial charge < -0.3 is 19.3 Å². The number of primary sulfonamides is 1. The third kappa shape index (κ3) is 5.90. The lowest BCUT2D eigenvalue weighted by molar-refractivity contribution is 0.0744. The average molecular weight is 494 g/mol. The Balaban J connectivity index is 2.58. The van der Waals surface area contributed by atoms with Gasteiger partial charge in [0, 0.05) is 30.8 Å². The molecule has 0 unspecified atom stereocenters. The second kappa shape index (κ2) is 11.1. The van der Waals surface area contributed by atoms with Crippen molar-refractivity contribution < 1.29 is 27.7 Å². The van der Waals surface area contributed by atoms with E-state index in [9.17, 15) is 23.6 Å². The Morgan fingerprint density at radius 1 is 1.21 bits per heavy atom. The fraction of sp³-hybridized carbons (Fsp3) is 0.429. The van der Waals surface area contributed by atoms with Gasteiger partial charge in [-0.15, -0.1) is 10.2 Å². The summed E-state index contributed by atoms with van der Waals surface area (Å²) in [6.07, 6.45) is 0.422. The lowest BCUT2D eigenvalue weighted by atomic mass is 10.1. The van der Waals surface area contributed by atoms with Gasteiger partial charge in [0.15, 0.2) is 5.69 Å². The topological polar surface area (TPSA) is 179 Å². The van der Waals surface area contributed by atoms with Crippen molar-refractivity contribution in [3.8, 4) is 23.4 Å². The Labute approximate surface area is 197 Å². The van der Waals surface area contributed by atoms with Crippen molar-refractivity contribution in [3.05, 3.63) is 33.6 Å². The van der Waals surface area contributed by atoms with Crippen LogP contribution in [0.15, 0.2) is 32.1 Å². The number of nitrogens with two attached hydrogens (primary N) is 1. The van der Waals surface area contributed by atoms with Gasteiger partial charge in [0.05, 0.1) is 20.3 Å². The fourth-order valence-electron chi connectivity index (χ4n) is 3.06. The van der Waals surface area contributed by atoms with Crippen LogP contribution in [0.4, 0.5) is 11.4 Å². The summed E-state index contributed by atoms with van der Waals surface area (Å²) in [4.78, 5) is 12.7. The van der Waals surface area contributed by atoms with E-state index >= 15 is 0 Å². The highest BCUT2D eigenvalue weighted by Gasteiger charge is 2.21. The minimum absolute atomic E-state index is 0.00925. The lowest BCUT2D eigenvalue weighted by Gasteiger charge is -2.14. The molecule has 2 rings (SSSR count). The van der Waals surface area contributed by atoms with Crippen LogP contribution in [-0.4, -0.2) is 45.0 Å². The number of nitrogens with zero attached hydrogens (tertiary/aromatic N) is 4. The smallest absolute Gasteiger partial charge is 0.281 e. The van der Waals surface area contributed by atoms with Crippen molar-refractivity contribution in [1.29, 1.82) is 5.26 Å². The van der Waals surface area contributed by atoms with Crippen LogP contribution in [0.3, 0.4) is 0 Å². The molecular formula is C21H27N5O7S. The van der Waals surface area contributed by atoms with Gasteiger partial charge in [-0.2, -0.15) is 5.26 Å². The monoisotopic (exact) mass is 493 g/mol. The Kier molecular flexibility index (Phi) is 8.74. The van der Waals surface area contributed by atoms with Crippen LogP contribution in [-0.2, 0) is 21.3 Å². The summed E-state index contributed by atoms with van der Waals surface area (Å²) in [5.74, 6) is -0.554. The van der Waals surface area contributed by atoms with E-state index in [1.54, 1.807) is 0 Å². The maximum absolute atomic E-state index is 13.0. The zero-order chi connectivity index (χ0) is 25.6. The molecule has 13 heteroatoms. The van der Waals surface area contributed by atoms with Gasteiger partial charge in [0.25, 0.3) is 5.56 Å². The summed E-state index contributed by atoms with van der Waals surface area (Å²) in [6.45, 7) is 5.65. The number of sulfonamides is 1. The molecular weight excluding hydrogens is 466 g/mol. The third-order valence-electron chi connectivity index (χ3n) is 4.78. The van der Waals surface area contributed by atoms with E-state index in [-0.39, 0.29) is 51.5 Å². The highest BCUT2D eigenvalue weighted by molar-refractivity contribution is 7.89. The predicted octanol–water partition coefficient (Wildman–Crippen LogP) is 2.63. The number of ether oxygens (including phenoxy) is 3. The summed E-state index contributed by atoms with van der Waals surface area (Å²) in [7, 11) is -1.57. The van der Waals surface area contributed by atoms with E-state index in [1.807, 2.05) is 19.9 Å². The average Bonchev–Trinajstić information content (AvgIpc) is 2.77. The molecule has 0 aliphatic heterocycles. The van der Waals surface area contributed by atoms with Crippen molar-refractivity contribution in [2.45, 2.75) is 44.7 Å². The zero-order valence-electron chi connectivity index (χ0n) is 19.5. The molecule has 0 fully saturated rings. The van der Waals surface area contributed by atoms with Crippen LogP contribution in [0.25, 0.3) is 0 Å². The first-order chi connectivity index (χ1) is 16.0. The zero-order valence-corrected chi connectivity index (χ0v) is 20.3. The number of aromatic hydroxyl groups is 1. The molecule has 1 heterocycles. The standard InChI is InChI=1S/C21H27N5O7S/c1-12(2)33-8-6-7-26-20(27)14(11-22)13(3)19(21(26)28)25-24-15-9-17(32-5)18(34(23,29)30)10-16(15)31-4/h9-10,12,27H,6-8H2,1-5H3,(H2,23,29,30). The van der Waals surface area contributed by atoms with E-state index < -0.39 is 21.5 Å². The second-order valence-corrected chi connectivity index (χ2v) is 8.96. The number of hydrogen-bond acceptors (Lipinski definition) is 10.